The molecule has 1 fully saturated rings. The van der Waals surface area contributed by atoms with E-state index in [0.29, 0.717) is 10.0 Å². The Balaban J connectivity index is 0.00000200. The van der Waals surface area contributed by atoms with Crippen molar-refractivity contribution in [2.24, 2.45) is 0 Å². The van der Waals surface area contributed by atoms with Crippen molar-refractivity contribution in [2.75, 3.05) is 6.54 Å². The van der Waals surface area contributed by atoms with Gasteiger partial charge in [0.2, 0.25) is 10.0 Å². The summed E-state index contributed by atoms with van der Waals surface area (Å²) in [4.78, 5) is 0.0998. The Morgan fingerprint density at radius 1 is 1.25 bits per heavy atom. The topological polar surface area (TPSA) is 58.2 Å². The minimum Gasteiger partial charge on any atom is -0.313 e. The zero-order valence-electron chi connectivity index (χ0n) is 10.9. The van der Waals surface area contributed by atoms with Gasteiger partial charge in [0.05, 0.1) is 4.90 Å². The van der Waals surface area contributed by atoms with Gasteiger partial charge in [0, 0.05) is 22.1 Å². The van der Waals surface area contributed by atoms with Crippen molar-refractivity contribution < 1.29 is 8.42 Å². The van der Waals surface area contributed by atoms with E-state index in [4.69, 9.17) is 23.2 Å². The number of sulfonamides is 1. The van der Waals surface area contributed by atoms with Crippen molar-refractivity contribution in [1.82, 2.24) is 10.0 Å². The molecule has 1 aromatic rings. The summed E-state index contributed by atoms with van der Waals surface area (Å²) < 4.78 is 27.3. The summed E-state index contributed by atoms with van der Waals surface area (Å²) in [5.41, 5.74) is 0. The van der Waals surface area contributed by atoms with E-state index in [2.05, 4.69) is 10.0 Å². The second-order valence-corrected chi connectivity index (χ2v) is 7.30. The molecule has 0 amide bonds. The number of hydrogen-bond donors (Lipinski definition) is 2. The van der Waals surface area contributed by atoms with Crippen molar-refractivity contribution in [3.63, 3.8) is 0 Å². The molecule has 114 valence electrons. The highest BCUT2D eigenvalue weighted by atomic mass is 35.5. The Bertz CT molecular complexity index is 546. The Kier molecular flexibility index (Phi) is 6.57. The number of benzene rings is 1. The molecule has 0 spiro atoms. The molecule has 0 bridgehead atoms. The highest BCUT2D eigenvalue weighted by molar-refractivity contribution is 7.89. The van der Waals surface area contributed by atoms with Gasteiger partial charge in [-0.05, 0) is 44.5 Å². The standard InChI is InChI=1S/C12H16Cl2N2O2S.ClH/c1-8-12(3-2-4-15-8)16-19(17,18)11-6-9(13)5-10(14)7-11;/h5-8,12,15-16H,2-4H2,1H3;1H. The summed E-state index contributed by atoms with van der Waals surface area (Å²) in [6.07, 6.45) is 1.77. The molecule has 8 heteroatoms. The molecule has 1 aromatic carbocycles. The van der Waals surface area contributed by atoms with Crippen LogP contribution in [0.5, 0.6) is 0 Å². The molecule has 20 heavy (non-hydrogen) atoms. The van der Waals surface area contributed by atoms with Gasteiger partial charge in [0.15, 0.2) is 0 Å². The Morgan fingerprint density at radius 3 is 2.40 bits per heavy atom. The first-order valence-electron chi connectivity index (χ1n) is 6.10. The molecule has 1 aliphatic rings. The first kappa shape index (κ1) is 18.0. The van der Waals surface area contributed by atoms with Crippen LogP contribution in [0, 0.1) is 0 Å². The van der Waals surface area contributed by atoms with Gasteiger partial charge in [-0.1, -0.05) is 23.2 Å². The van der Waals surface area contributed by atoms with E-state index < -0.39 is 10.0 Å². The van der Waals surface area contributed by atoms with Crippen molar-refractivity contribution in [3.05, 3.63) is 28.2 Å². The maximum absolute atomic E-state index is 12.3. The van der Waals surface area contributed by atoms with Crippen molar-refractivity contribution >= 4 is 45.6 Å². The molecule has 0 saturated carbocycles. The van der Waals surface area contributed by atoms with E-state index in [1.165, 1.54) is 18.2 Å². The Hall–Kier alpha value is -0.0400. The molecule has 1 saturated heterocycles. The van der Waals surface area contributed by atoms with Gasteiger partial charge in [-0.15, -0.1) is 12.4 Å². The normalized spacial score (nSPS) is 23.1. The summed E-state index contributed by atoms with van der Waals surface area (Å²) in [6.45, 7) is 2.89. The average molecular weight is 360 g/mol. The minimum absolute atomic E-state index is 0. The fraction of sp³-hybridized carbons (Fsp3) is 0.500. The fourth-order valence-electron chi connectivity index (χ4n) is 2.16. The molecule has 4 nitrogen and oxygen atoms in total. The van der Waals surface area contributed by atoms with Gasteiger partial charge < -0.3 is 5.32 Å². The highest BCUT2D eigenvalue weighted by Gasteiger charge is 2.26. The molecule has 0 aliphatic carbocycles. The molecule has 2 atom stereocenters. The number of hydrogen-bond acceptors (Lipinski definition) is 3. The monoisotopic (exact) mass is 358 g/mol. The van der Waals surface area contributed by atoms with Crippen LogP contribution in [0.4, 0.5) is 0 Å². The van der Waals surface area contributed by atoms with Crippen LogP contribution in [0.1, 0.15) is 19.8 Å². The van der Waals surface area contributed by atoms with Crippen LogP contribution in [0.3, 0.4) is 0 Å². The Labute approximate surface area is 135 Å². The summed E-state index contributed by atoms with van der Waals surface area (Å²) in [5, 5.41) is 3.87. The van der Waals surface area contributed by atoms with Crippen LogP contribution in [0.2, 0.25) is 10.0 Å². The van der Waals surface area contributed by atoms with E-state index in [1.54, 1.807) is 0 Å². The third-order valence-corrected chi connectivity index (χ3v) is 5.12. The van der Waals surface area contributed by atoms with Gasteiger partial charge in [-0.3, -0.25) is 0 Å². The maximum atomic E-state index is 12.3. The van der Waals surface area contributed by atoms with E-state index in [-0.39, 0.29) is 29.4 Å². The third kappa shape index (κ3) is 4.48. The van der Waals surface area contributed by atoms with E-state index in [0.717, 1.165) is 19.4 Å². The molecule has 0 aromatic heterocycles. The molecule has 0 radical (unpaired) electrons. The lowest BCUT2D eigenvalue weighted by Crippen LogP contribution is -2.51. The van der Waals surface area contributed by atoms with Crippen LogP contribution in [-0.2, 0) is 10.0 Å². The SMILES string of the molecule is CC1NCCCC1NS(=O)(=O)c1cc(Cl)cc(Cl)c1.Cl. The molecule has 2 N–H and O–H groups in total. The first-order chi connectivity index (χ1) is 8.88. The number of nitrogens with one attached hydrogen (secondary N) is 2. The van der Waals surface area contributed by atoms with Crippen molar-refractivity contribution in [1.29, 1.82) is 0 Å². The summed E-state index contributed by atoms with van der Waals surface area (Å²) >= 11 is 11.7. The minimum atomic E-state index is -3.60. The lowest BCUT2D eigenvalue weighted by molar-refractivity contribution is 0.349. The zero-order chi connectivity index (χ0) is 14.0. The number of rotatable bonds is 3. The lowest BCUT2D eigenvalue weighted by atomic mass is 10.0. The average Bonchev–Trinajstić information content (AvgIpc) is 2.31. The van der Waals surface area contributed by atoms with Crippen LogP contribution >= 0.6 is 35.6 Å². The predicted octanol–water partition coefficient (Wildman–Crippen LogP) is 2.83. The van der Waals surface area contributed by atoms with Crippen LogP contribution in [-0.4, -0.2) is 27.0 Å². The Morgan fingerprint density at radius 2 is 1.85 bits per heavy atom. The van der Waals surface area contributed by atoms with Gasteiger partial charge >= 0.3 is 0 Å². The molecule has 1 aliphatic heterocycles. The zero-order valence-corrected chi connectivity index (χ0v) is 14.0. The second-order valence-electron chi connectivity index (χ2n) is 4.72. The third-order valence-electron chi connectivity index (χ3n) is 3.21. The van der Waals surface area contributed by atoms with Crippen LogP contribution < -0.4 is 10.0 Å². The largest absolute Gasteiger partial charge is 0.313 e. The molecule has 2 unspecified atom stereocenters. The molecular formula is C12H17Cl3N2O2S. The van der Waals surface area contributed by atoms with Crippen LogP contribution in [0.25, 0.3) is 0 Å². The van der Waals surface area contributed by atoms with Gasteiger partial charge in [-0.25, -0.2) is 13.1 Å². The quantitative estimate of drug-likeness (QED) is 0.872. The molecular weight excluding hydrogens is 343 g/mol. The number of piperidine rings is 1. The highest BCUT2D eigenvalue weighted by Crippen LogP contribution is 2.23. The maximum Gasteiger partial charge on any atom is 0.240 e. The van der Waals surface area contributed by atoms with Crippen molar-refractivity contribution in [2.45, 2.75) is 36.7 Å². The van der Waals surface area contributed by atoms with E-state index in [9.17, 15) is 8.42 Å². The van der Waals surface area contributed by atoms with Gasteiger partial charge in [-0.2, -0.15) is 0 Å². The smallest absolute Gasteiger partial charge is 0.240 e. The first-order valence-corrected chi connectivity index (χ1v) is 8.34. The second kappa shape index (κ2) is 7.29. The summed E-state index contributed by atoms with van der Waals surface area (Å²) in [5.74, 6) is 0. The summed E-state index contributed by atoms with van der Waals surface area (Å²) in [7, 11) is -3.60. The van der Waals surface area contributed by atoms with Crippen LogP contribution in [0.15, 0.2) is 23.1 Å². The number of halogens is 3. The van der Waals surface area contributed by atoms with Crippen molar-refractivity contribution in [3.8, 4) is 0 Å². The van der Waals surface area contributed by atoms with Gasteiger partial charge in [0.25, 0.3) is 0 Å². The van der Waals surface area contributed by atoms with E-state index >= 15 is 0 Å². The molecule has 1 heterocycles. The summed E-state index contributed by atoms with van der Waals surface area (Å²) in [6, 6.07) is 4.30. The van der Waals surface area contributed by atoms with Gasteiger partial charge in [0.1, 0.15) is 0 Å². The molecule has 2 rings (SSSR count). The predicted molar refractivity (Wildman–Crippen MR) is 84.5 cm³/mol. The lowest BCUT2D eigenvalue weighted by Gasteiger charge is -2.30. The fourth-order valence-corrected chi connectivity index (χ4v) is 4.23. The van der Waals surface area contributed by atoms with E-state index in [1.807, 2.05) is 6.92 Å².